The van der Waals surface area contributed by atoms with Gasteiger partial charge in [-0.05, 0) is 18.9 Å². The average molecular weight is 245 g/mol. The van der Waals surface area contributed by atoms with Crippen molar-refractivity contribution in [3.8, 4) is 0 Å². The van der Waals surface area contributed by atoms with Crippen LogP contribution in [0.25, 0.3) is 0 Å². The van der Waals surface area contributed by atoms with Crippen LogP contribution in [0.3, 0.4) is 0 Å². The lowest BCUT2D eigenvalue weighted by Crippen LogP contribution is -2.32. The molecule has 88 valence electrons. The molecule has 0 saturated heterocycles. The number of unbranched alkanes of at least 4 members (excludes halogenated alkanes) is 1. The van der Waals surface area contributed by atoms with Crippen molar-refractivity contribution in [3.05, 3.63) is 0 Å². The van der Waals surface area contributed by atoms with Gasteiger partial charge in [-0.1, -0.05) is 20.3 Å². The van der Waals surface area contributed by atoms with E-state index in [0.717, 1.165) is 6.42 Å². The number of nitrogens with one attached hydrogen (secondary N) is 1. The van der Waals surface area contributed by atoms with E-state index in [0.29, 0.717) is 19.5 Å². The molecule has 0 spiro atoms. The maximum atomic E-state index is 11.3. The van der Waals surface area contributed by atoms with Gasteiger partial charge in [0.15, 0.2) is 0 Å². The summed E-state index contributed by atoms with van der Waals surface area (Å²) in [6.07, 6.45) is 1.61. The molecule has 14 heavy (non-hydrogen) atoms. The molecule has 1 atom stereocenters. The van der Waals surface area contributed by atoms with E-state index in [1.54, 1.807) is 0 Å². The summed E-state index contributed by atoms with van der Waals surface area (Å²) in [6, 6.07) is 0. The van der Waals surface area contributed by atoms with Gasteiger partial charge >= 0.3 is 0 Å². The minimum absolute atomic E-state index is 0. The highest BCUT2D eigenvalue weighted by Gasteiger charge is 2.09. The van der Waals surface area contributed by atoms with E-state index < -0.39 is 10.0 Å². The molecule has 0 heterocycles. The van der Waals surface area contributed by atoms with Crippen molar-refractivity contribution in [2.45, 2.75) is 26.7 Å². The summed E-state index contributed by atoms with van der Waals surface area (Å²) < 4.78 is 25.1. The Hall–Kier alpha value is 0.160. The summed E-state index contributed by atoms with van der Waals surface area (Å²) in [6.45, 7) is 4.85. The van der Waals surface area contributed by atoms with Gasteiger partial charge in [-0.3, -0.25) is 0 Å². The molecule has 1 unspecified atom stereocenters. The summed E-state index contributed by atoms with van der Waals surface area (Å²) in [5, 5.41) is 0. The molecule has 4 nitrogen and oxygen atoms in total. The van der Waals surface area contributed by atoms with E-state index in [1.807, 2.05) is 13.8 Å². The Balaban J connectivity index is 0. The van der Waals surface area contributed by atoms with Gasteiger partial charge in [0.25, 0.3) is 0 Å². The lowest BCUT2D eigenvalue weighted by atomic mass is 10.2. The van der Waals surface area contributed by atoms with Gasteiger partial charge in [0.2, 0.25) is 10.0 Å². The molecule has 0 aliphatic carbocycles. The Kier molecular flexibility index (Phi) is 10.0. The van der Waals surface area contributed by atoms with E-state index >= 15 is 0 Å². The van der Waals surface area contributed by atoms with Crippen LogP contribution in [-0.4, -0.2) is 27.3 Å². The van der Waals surface area contributed by atoms with Crippen molar-refractivity contribution in [1.82, 2.24) is 4.72 Å². The van der Waals surface area contributed by atoms with E-state index in [-0.39, 0.29) is 24.1 Å². The standard InChI is InChI=1S/C8H20N2O2S.ClH/c1-3-4-5-13(11,12)10-7-8(2)6-9;/h8,10H,3-7,9H2,1-2H3;1H. The molecule has 6 heteroatoms. The summed E-state index contributed by atoms with van der Waals surface area (Å²) in [7, 11) is -3.05. The van der Waals surface area contributed by atoms with Gasteiger partial charge in [0.05, 0.1) is 5.75 Å². The van der Waals surface area contributed by atoms with Gasteiger partial charge in [-0.2, -0.15) is 0 Å². The van der Waals surface area contributed by atoms with E-state index in [1.165, 1.54) is 0 Å². The van der Waals surface area contributed by atoms with Gasteiger partial charge < -0.3 is 5.73 Å². The maximum absolute atomic E-state index is 11.3. The summed E-state index contributed by atoms with van der Waals surface area (Å²) in [4.78, 5) is 0. The van der Waals surface area contributed by atoms with E-state index in [2.05, 4.69) is 4.72 Å². The van der Waals surface area contributed by atoms with Crippen LogP contribution in [0.4, 0.5) is 0 Å². The summed E-state index contributed by atoms with van der Waals surface area (Å²) in [5.41, 5.74) is 5.37. The zero-order valence-corrected chi connectivity index (χ0v) is 10.5. The minimum Gasteiger partial charge on any atom is -0.330 e. The molecule has 0 radical (unpaired) electrons. The van der Waals surface area contributed by atoms with Crippen LogP contribution in [0.5, 0.6) is 0 Å². The number of rotatable bonds is 7. The van der Waals surface area contributed by atoms with Gasteiger partial charge in [0.1, 0.15) is 0 Å². The van der Waals surface area contributed by atoms with Gasteiger partial charge in [-0.25, -0.2) is 13.1 Å². The average Bonchev–Trinajstić information content (AvgIpc) is 2.11. The van der Waals surface area contributed by atoms with Crippen molar-refractivity contribution in [1.29, 1.82) is 0 Å². The van der Waals surface area contributed by atoms with Crippen LogP contribution in [0.2, 0.25) is 0 Å². The van der Waals surface area contributed by atoms with Crippen molar-refractivity contribution in [3.63, 3.8) is 0 Å². The first-order valence-corrected chi connectivity index (χ1v) is 6.34. The fourth-order valence-corrected chi connectivity index (χ4v) is 2.11. The molecule has 0 aliphatic heterocycles. The highest BCUT2D eigenvalue weighted by atomic mass is 35.5. The second-order valence-electron chi connectivity index (χ2n) is 3.36. The molecule has 0 aromatic rings. The predicted molar refractivity (Wildman–Crippen MR) is 62.2 cm³/mol. The molecule has 0 fully saturated rings. The Bertz CT molecular complexity index is 219. The maximum Gasteiger partial charge on any atom is 0.211 e. The first-order chi connectivity index (χ1) is 6.02. The minimum atomic E-state index is -3.05. The number of sulfonamides is 1. The lowest BCUT2D eigenvalue weighted by Gasteiger charge is -2.10. The predicted octanol–water partition coefficient (Wildman–Crippen LogP) is 0.722. The third-order valence-electron chi connectivity index (χ3n) is 1.82. The molecule has 0 rings (SSSR count). The second kappa shape index (κ2) is 8.47. The fraction of sp³-hybridized carbons (Fsp3) is 1.00. The Labute approximate surface area is 93.1 Å². The Morgan fingerprint density at radius 1 is 1.43 bits per heavy atom. The second-order valence-corrected chi connectivity index (χ2v) is 5.29. The lowest BCUT2D eigenvalue weighted by molar-refractivity contribution is 0.543. The third-order valence-corrected chi connectivity index (χ3v) is 3.25. The zero-order valence-electron chi connectivity index (χ0n) is 8.82. The van der Waals surface area contributed by atoms with Crippen molar-refractivity contribution < 1.29 is 8.42 Å². The number of hydrogen-bond donors (Lipinski definition) is 2. The van der Waals surface area contributed by atoms with Crippen LogP contribution in [0.1, 0.15) is 26.7 Å². The van der Waals surface area contributed by atoms with Gasteiger partial charge in [0, 0.05) is 6.54 Å². The SMILES string of the molecule is CCCCS(=O)(=O)NCC(C)CN.Cl. The van der Waals surface area contributed by atoms with E-state index in [9.17, 15) is 8.42 Å². The number of hydrogen-bond acceptors (Lipinski definition) is 3. The molecule has 0 amide bonds. The van der Waals surface area contributed by atoms with Crippen LogP contribution in [0, 0.1) is 5.92 Å². The highest BCUT2D eigenvalue weighted by Crippen LogP contribution is 1.95. The van der Waals surface area contributed by atoms with Crippen LogP contribution < -0.4 is 10.5 Å². The first-order valence-electron chi connectivity index (χ1n) is 4.69. The Morgan fingerprint density at radius 3 is 2.43 bits per heavy atom. The Morgan fingerprint density at radius 2 is 2.00 bits per heavy atom. The normalized spacial score (nSPS) is 13.4. The molecule has 0 aromatic carbocycles. The molecule has 3 N–H and O–H groups in total. The first kappa shape index (κ1) is 16.6. The topological polar surface area (TPSA) is 72.2 Å². The smallest absolute Gasteiger partial charge is 0.211 e. The third kappa shape index (κ3) is 8.74. The van der Waals surface area contributed by atoms with Crippen molar-refractivity contribution >= 4 is 22.4 Å². The quantitative estimate of drug-likeness (QED) is 0.693. The van der Waals surface area contributed by atoms with Crippen LogP contribution in [-0.2, 0) is 10.0 Å². The fourth-order valence-electron chi connectivity index (χ4n) is 0.759. The monoisotopic (exact) mass is 244 g/mol. The van der Waals surface area contributed by atoms with E-state index in [4.69, 9.17) is 5.73 Å². The molecule has 0 saturated carbocycles. The van der Waals surface area contributed by atoms with Crippen molar-refractivity contribution in [2.24, 2.45) is 11.7 Å². The number of halogens is 1. The van der Waals surface area contributed by atoms with Crippen LogP contribution in [0.15, 0.2) is 0 Å². The molecule has 0 aromatic heterocycles. The van der Waals surface area contributed by atoms with Crippen molar-refractivity contribution in [2.75, 3.05) is 18.8 Å². The zero-order chi connectivity index (χ0) is 10.3. The molecular weight excluding hydrogens is 224 g/mol. The van der Waals surface area contributed by atoms with Crippen LogP contribution >= 0.6 is 12.4 Å². The van der Waals surface area contributed by atoms with Gasteiger partial charge in [-0.15, -0.1) is 12.4 Å². The molecule has 0 bridgehead atoms. The highest BCUT2D eigenvalue weighted by molar-refractivity contribution is 7.89. The largest absolute Gasteiger partial charge is 0.330 e. The summed E-state index contributed by atoms with van der Waals surface area (Å²) >= 11 is 0. The molecule has 0 aliphatic rings. The molecular formula is C8H21ClN2O2S. The number of nitrogens with two attached hydrogens (primary N) is 1. The summed E-state index contributed by atoms with van der Waals surface area (Å²) in [5.74, 6) is 0.428.